The van der Waals surface area contributed by atoms with E-state index in [1.807, 2.05) is 38.1 Å². The van der Waals surface area contributed by atoms with E-state index in [2.05, 4.69) is 15.3 Å². The monoisotopic (exact) mass is 320 g/mol. The summed E-state index contributed by atoms with van der Waals surface area (Å²) in [6.45, 7) is 4.03. The van der Waals surface area contributed by atoms with Crippen LogP contribution in [-0.2, 0) is 6.42 Å². The van der Waals surface area contributed by atoms with Gasteiger partial charge in [-0.05, 0) is 37.7 Å². The molecule has 0 saturated carbocycles. The fourth-order valence-corrected chi connectivity index (χ4v) is 2.52. The molecule has 0 aliphatic carbocycles. The van der Waals surface area contributed by atoms with E-state index in [1.54, 1.807) is 4.68 Å². The summed E-state index contributed by atoms with van der Waals surface area (Å²) in [6, 6.07) is 7.98. The Morgan fingerprint density at radius 2 is 2.05 bits per heavy atom. The molecule has 0 amide bonds. The highest BCUT2D eigenvalue weighted by Gasteiger charge is 2.21. The highest BCUT2D eigenvalue weighted by molar-refractivity contribution is 7.71. The number of nitrogens with zero attached hydrogens (tertiary/aromatic N) is 3. The maximum absolute atomic E-state index is 6.42. The molecule has 21 heavy (non-hydrogen) atoms. The minimum absolute atomic E-state index is 0.204. The van der Waals surface area contributed by atoms with E-state index in [0.717, 1.165) is 17.8 Å². The molecule has 108 valence electrons. The van der Waals surface area contributed by atoms with Gasteiger partial charge in [-0.25, -0.2) is 9.78 Å². The lowest BCUT2D eigenvalue weighted by Gasteiger charge is -2.05. The minimum atomic E-state index is 0.204. The summed E-state index contributed by atoms with van der Waals surface area (Å²) in [4.78, 5) is 0.204. The number of aromatic amines is 1. The Morgan fingerprint density at radius 1 is 1.33 bits per heavy atom. The van der Waals surface area contributed by atoms with Crippen molar-refractivity contribution in [1.82, 2.24) is 20.0 Å². The van der Waals surface area contributed by atoms with Gasteiger partial charge in [-0.2, -0.15) is 5.10 Å². The summed E-state index contributed by atoms with van der Waals surface area (Å²) in [6.07, 6.45) is 0.718. The number of hydrogen-bond donors (Lipinski definition) is 1. The maximum atomic E-state index is 6.42. The lowest BCUT2D eigenvalue weighted by Crippen LogP contribution is -2.00. The SMILES string of the molecule is CCc1nn(-c2ccc(C)cc2)c(-c2n[nH]c(=S)o2)c1Cl. The van der Waals surface area contributed by atoms with Crippen LogP contribution >= 0.6 is 23.8 Å². The van der Waals surface area contributed by atoms with E-state index in [4.69, 9.17) is 28.2 Å². The topological polar surface area (TPSA) is 59.6 Å². The van der Waals surface area contributed by atoms with Gasteiger partial charge in [0.25, 0.3) is 10.7 Å². The molecule has 0 unspecified atom stereocenters. The molecule has 3 aromatic rings. The van der Waals surface area contributed by atoms with E-state index < -0.39 is 0 Å². The van der Waals surface area contributed by atoms with Crippen LogP contribution in [0.1, 0.15) is 18.2 Å². The van der Waals surface area contributed by atoms with Crippen LogP contribution in [0.15, 0.2) is 28.7 Å². The van der Waals surface area contributed by atoms with Crippen molar-refractivity contribution in [3.05, 3.63) is 45.4 Å². The summed E-state index contributed by atoms with van der Waals surface area (Å²) < 4.78 is 7.13. The third-order valence-corrected chi connectivity index (χ3v) is 3.72. The van der Waals surface area contributed by atoms with E-state index in [9.17, 15) is 0 Å². The van der Waals surface area contributed by atoms with Crippen molar-refractivity contribution >= 4 is 23.8 Å². The van der Waals surface area contributed by atoms with Crippen LogP contribution < -0.4 is 0 Å². The quantitative estimate of drug-likeness (QED) is 0.738. The number of halogens is 1. The Balaban J connectivity index is 2.24. The van der Waals surface area contributed by atoms with Crippen molar-refractivity contribution in [2.75, 3.05) is 0 Å². The van der Waals surface area contributed by atoms with Crippen LogP contribution in [0.4, 0.5) is 0 Å². The molecular formula is C14H13ClN4OS. The van der Waals surface area contributed by atoms with Crippen molar-refractivity contribution in [2.45, 2.75) is 20.3 Å². The zero-order chi connectivity index (χ0) is 15.0. The summed E-state index contributed by atoms with van der Waals surface area (Å²) in [5, 5.41) is 11.7. The van der Waals surface area contributed by atoms with Crippen LogP contribution in [-0.4, -0.2) is 20.0 Å². The first kappa shape index (κ1) is 14.0. The zero-order valence-electron chi connectivity index (χ0n) is 11.6. The van der Waals surface area contributed by atoms with Crippen molar-refractivity contribution in [3.63, 3.8) is 0 Å². The number of aromatic nitrogens is 4. The van der Waals surface area contributed by atoms with Crippen LogP contribution in [0.3, 0.4) is 0 Å². The van der Waals surface area contributed by atoms with Gasteiger partial charge >= 0.3 is 0 Å². The van der Waals surface area contributed by atoms with E-state index in [0.29, 0.717) is 16.6 Å². The summed E-state index contributed by atoms with van der Waals surface area (Å²) in [5.74, 6) is 0.331. The molecule has 0 fully saturated rings. The Bertz CT molecular complexity index is 832. The van der Waals surface area contributed by atoms with Crippen LogP contribution in [0, 0.1) is 11.8 Å². The molecule has 2 aromatic heterocycles. The van der Waals surface area contributed by atoms with Gasteiger partial charge in [-0.15, -0.1) is 5.10 Å². The van der Waals surface area contributed by atoms with Gasteiger partial charge < -0.3 is 4.42 Å². The van der Waals surface area contributed by atoms with Gasteiger partial charge in [0.15, 0.2) is 0 Å². The molecule has 0 aliphatic rings. The first-order valence-electron chi connectivity index (χ1n) is 6.50. The van der Waals surface area contributed by atoms with Crippen molar-refractivity contribution in [2.24, 2.45) is 0 Å². The molecule has 2 heterocycles. The number of H-pyrrole nitrogens is 1. The van der Waals surface area contributed by atoms with Crippen molar-refractivity contribution in [1.29, 1.82) is 0 Å². The molecule has 3 rings (SSSR count). The van der Waals surface area contributed by atoms with Gasteiger partial charge in [-0.1, -0.05) is 36.2 Å². The number of nitrogens with one attached hydrogen (secondary N) is 1. The molecule has 0 radical (unpaired) electrons. The number of benzene rings is 1. The van der Waals surface area contributed by atoms with Crippen LogP contribution in [0.25, 0.3) is 17.3 Å². The molecule has 0 aliphatic heterocycles. The lowest BCUT2D eigenvalue weighted by atomic mass is 10.2. The number of hydrogen-bond acceptors (Lipinski definition) is 4. The highest BCUT2D eigenvalue weighted by atomic mass is 35.5. The first-order valence-corrected chi connectivity index (χ1v) is 7.29. The van der Waals surface area contributed by atoms with Gasteiger partial charge in [0, 0.05) is 0 Å². The predicted octanol–water partition coefficient (Wildman–Crippen LogP) is 4.11. The summed E-state index contributed by atoms with van der Waals surface area (Å²) in [7, 11) is 0. The van der Waals surface area contributed by atoms with E-state index >= 15 is 0 Å². The second-order valence-electron chi connectivity index (χ2n) is 4.63. The Labute approximate surface area is 131 Å². The Morgan fingerprint density at radius 3 is 2.62 bits per heavy atom. The fourth-order valence-electron chi connectivity index (χ4n) is 2.06. The third-order valence-electron chi connectivity index (χ3n) is 3.15. The Hall–Kier alpha value is -1.92. The lowest BCUT2D eigenvalue weighted by molar-refractivity contribution is 0.547. The average molecular weight is 321 g/mol. The molecule has 1 N–H and O–H groups in total. The molecule has 5 nitrogen and oxygen atoms in total. The molecule has 0 atom stereocenters. The predicted molar refractivity (Wildman–Crippen MR) is 83.4 cm³/mol. The number of aryl methyl sites for hydroxylation is 2. The first-order chi connectivity index (χ1) is 10.1. The van der Waals surface area contributed by atoms with Crippen molar-refractivity contribution < 1.29 is 4.42 Å². The van der Waals surface area contributed by atoms with Crippen LogP contribution in [0.2, 0.25) is 5.02 Å². The van der Waals surface area contributed by atoms with Gasteiger partial charge in [0.05, 0.1) is 16.4 Å². The second-order valence-corrected chi connectivity index (χ2v) is 5.38. The minimum Gasteiger partial charge on any atom is -0.408 e. The number of rotatable bonds is 3. The largest absolute Gasteiger partial charge is 0.408 e. The van der Waals surface area contributed by atoms with Crippen LogP contribution in [0.5, 0.6) is 0 Å². The normalized spacial score (nSPS) is 11.0. The Kier molecular flexibility index (Phi) is 3.65. The molecule has 1 aromatic carbocycles. The summed E-state index contributed by atoms with van der Waals surface area (Å²) in [5.41, 5.74) is 3.45. The molecule has 0 saturated heterocycles. The smallest absolute Gasteiger partial charge is 0.284 e. The highest BCUT2D eigenvalue weighted by Crippen LogP contribution is 2.32. The third kappa shape index (κ3) is 2.52. The van der Waals surface area contributed by atoms with Gasteiger partial charge in [0.2, 0.25) is 0 Å². The van der Waals surface area contributed by atoms with E-state index in [1.165, 1.54) is 5.56 Å². The second kappa shape index (κ2) is 5.46. The molecule has 7 heteroatoms. The van der Waals surface area contributed by atoms with Gasteiger partial charge in [-0.3, -0.25) is 0 Å². The summed E-state index contributed by atoms with van der Waals surface area (Å²) >= 11 is 11.4. The molecule has 0 bridgehead atoms. The average Bonchev–Trinajstić information content (AvgIpc) is 3.03. The molecular weight excluding hydrogens is 308 g/mol. The zero-order valence-corrected chi connectivity index (χ0v) is 13.1. The molecule has 0 spiro atoms. The van der Waals surface area contributed by atoms with E-state index in [-0.39, 0.29) is 4.84 Å². The fraction of sp³-hybridized carbons (Fsp3) is 0.214. The van der Waals surface area contributed by atoms with Gasteiger partial charge in [0.1, 0.15) is 5.69 Å². The standard InChI is InChI=1S/C14H13ClN4OS/c1-3-10-11(15)12(13-16-17-14(21)20-13)19(18-10)9-6-4-8(2)5-7-9/h4-7H,3H2,1-2H3,(H,17,21). The maximum Gasteiger partial charge on any atom is 0.284 e. The van der Waals surface area contributed by atoms with Crippen molar-refractivity contribution in [3.8, 4) is 17.3 Å².